The highest BCUT2D eigenvalue weighted by Gasteiger charge is 2.29. The molecular weight excluding hydrogens is 263 g/mol. The van der Waals surface area contributed by atoms with Gasteiger partial charge in [-0.3, -0.25) is 9.59 Å². The zero-order valence-corrected chi connectivity index (χ0v) is 11.2. The largest absolute Gasteiger partial charge is 0.376 e. The Bertz CT molecular complexity index is 490. The summed E-state index contributed by atoms with van der Waals surface area (Å²) >= 11 is 0. The Hall–Kier alpha value is -1.95. The Labute approximate surface area is 116 Å². The van der Waals surface area contributed by atoms with Crippen LogP contribution >= 0.6 is 0 Å². The molecule has 20 heavy (non-hydrogen) atoms. The maximum atomic E-state index is 13.3. The minimum Gasteiger partial charge on any atom is -0.376 e. The number of ether oxygens (including phenoxy) is 1. The second kappa shape index (κ2) is 6.47. The Morgan fingerprint density at radius 2 is 2.00 bits per heavy atom. The summed E-state index contributed by atoms with van der Waals surface area (Å²) in [5, 5.41) is 5.13. The van der Waals surface area contributed by atoms with Crippen LogP contribution in [0.1, 0.15) is 15.9 Å². The van der Waals surface area contributed by atoms with Crippen LogP contribution in [0.25, 0.3) is 0 Å². The second-order valence-corrected chi connectivity index (χ2v) is 4.68. The molecule has 0 saturated carbocycles. The van der Waals surface area contributed by atoms with Crippen LogP contribution in [0.5, 0.6) is 0 Å². The highest BCUT2D eigenvalue weighted by atomic mass is 19.1. The molecule has 5 nitrogen and oxygen atoms in total. The van der Waals surface area contributed by atoms with Gasteiger partial charge in [-0.2, -0.15) is 0 Å². The maximum absolute atomic E-state index is 13.3. The van der Waals surface area contributed by atoms with Crippen molar-refractivity contribution in [1.82, 2.24) is 10.6 Å². The van der Waals surface area contributed by atoms with Crippen LogP contribution in [0.4, 0.5) is 4.39 Å². The predicted molar refractivity (Wildman–Crippen MR) is 71.2 cm³/mol. The maximum Gasteiger partial charge on any atom is 0.251 e. The molecule has 1 aromatic carbocycles. The fourth-order valence-electron chi connectivity index (χ4n) is 2.02. The number of hydrogen-bond acceptors (Lipinski definition) is 3. The SMILES string of the molecule is CNC(=O)c1ccc(CC(=O)N[C@@H]2COC[C@H]2F)cc1. The number of halogens is 1. The molecule has 2 rings (SSSR count). The van der Waals surface area contributed by atoms with E-state index in [1.807, 2.05) is 0 Å². The summed E-state index contributed by atoms with van der Waals surface area (Å²) in [5.74, 6) is -0.430. The van der Waals surface area contributed by atoms with E-state index in [4.69, 9.17) is 4.74 Å². The summed E-state index contributed by atoms with van der Waals surface area (Å²) < 4.78 is 18.2. The molecule has 108 valence electrons. The van der Waals surface area contributed by atoms with Crippen molar-refractivity contribution in [1.29, 1.82) is 0 Å². The van der Waals surface area contributed by atoms with E-state index in [2.05, 4.69) is 10.6 Å². The number of benzene rings is 1. The minimum absolute atomic E-state index is 0.0335. The molecule has 0 unspecified atom stereocenters. The van der Waals surface area contributed by atoms with Gasteiger partial charge in [0.2, 0.25) is 5.91 Å². The fourth-order valence-corrected chi connectivity index (χ4v) is 2.02. The first kappa shape index (κ1) is 14.5. The van der Waals surface area contributed by atoms with Crippen molar-refractivity contribution in [3.63, 3.8) is 0 Å². The van der Waals surface area contributed by atoms with E-state index in [0.29, 0.717) is 5.56 Å². The summed E-state index contributed by atoms with van der Waals surface area (Å²) in [7, 11) is 1.56. The molecule has 1 aliphatic heterocycles. The third-order valence-electron chi connectivity index (χ3n) is 3.17. The zero-order chi connectivity index (χ0) is 14.5. The first-order valence-corrected chi connectivity index (χ1v) is 6.42. The zero-order valence-electron chi connectivity index (χ0n) is 11.2. The van der Waals surface area contributed by atoms with E-state index in [-0.39, 0.29) is 31.4 Å². The van der Waals surface area contributed by atoms with Gasteiger partial charge in [-0.1, -0.05) is 12.1 Å². The molecule has 0 spiro atoms. The van der Waals surface area contributed by atoms with Gasteiger partial charge in [-0.15, -0.1) is 0 Å². The highest BCUT2D eigenvalue weighted by molar-refractivity contribution is 5.94. The van der Waals surface area contributed by atoms with Gasteiger partial charge in [-0.25, -0.2) is 4.39 Å². The van der Waals surface area contributed by atoms with Gasteiger partial charge in [0.1, 0.15) is 6.17 Å². The number of rotatable bonds is 4. The van der Waals surface area contributed by atoms with Gasteiger partial charge >= 0.3 is 0 Å². The molecule has 1 saturated heterocycles. The summed E-state index contributed by atoms with van der Waals surface area (Å²) in [4.78, 5) is 23.1. The van der Waals surface area contributed by atoms with E-state index >= 15 is 0 Å². The number of hydrogen-bond donors (Lipinski definition) is 2. The number of alkyl halides is 1. The third-order valence-corrected chi connectivity index (χ3v) is 3.17. The Morgan fingerprint density at radius 3 is 2.55 bits per heavy atom. The predicted octanol–water partition coefficient (Wildman–Crippen LogP) is 0.442. The van der Waals surface area contributed by atoms with Crippen LogP contribution in [-0.2, 0) is 16.0 Å². The van der Waals surface area contributed by atoms with E-state index < -0.39 is 12.2 Å². The monoisotopic (exact) mass is 280 g/mol. The number of carbonyl (C=O) groups excluding carboxylic acids is 2. The van der Waals surface area contributed by atoms with E-state index in [1.165, 1.54) is 0 Å². The Balaban J connectivity index is 1.89. The lowest BCUT2D eigenvalue weighted by Gasteiger charge is -2.13. The molecule has 1 aliphatic rings. The van der Waals surface area contributed by atoms with Crippen LogP contribution < -0.4 is 10.6 Å². The van der Waals surface area contributed by atoms with Crippen LogP contribution in [0.3, 0.4) is 0 Å². The molecule has 2 atom stereocenters. The minimum atomic E-state index is -1.14. The molecule has 0 bridgehead atoms. The van der Waals surface area contributed by atoms with Gasteiger partial charge in [0, 0.05) is 12.6 Å². The lowest BCUT2D eigenvalue weighted by Crippen LogP contribution is -2.41. The van der Waals surface area contributed by atoms with Crippen LogP contribution in [-0.4, -0.2) is 44.3 Å². The van der Waals surface area contributed by atoms with Crippen LogP contribution in [0.15, 0.2) is 24.3 Å². The van der Waals surface area contributed by atoms with E-state index in [1.54, 1.807) is 31.3 Å². The van der Waals surface area contributed by atoms with Crippen molar-refractivity contribution in [2.75, 3.05) is 20.3 Å². The molecule has 2 N–H and O–H groups in total. The molecule has 2 amide bonds. The summed E-state index contributed by atoms with van der Waals surface area (Å²) in [6, 6.07) is 6.16. The third kappa shape index (κ3) is 3.54. The van der Waals surface area contributed by atoms with E-state index in [0.717, 1.165) is 5.56 Å². The molecule has 0 aliphatic carbocycles. The smallest absolute Gasteiger partial charge is 0.251 e. The number of amides is 2. The topological polar surface area (TPSA) is 67.4 Å². The molecule has 6 heteroatoms. The molecule has 1 fully saturated rings. The second-order valence-electron chi connectivity index (χ2n) is 4.68. The van der Waals surface area contributed by atoms with Gasteiger partial charge in [-0.05, 0) is 17.7 Å². The standard InChI is InChI=1S/C14H17FN2O3/c1-16-14(19)10-4-2-9(3-5-10)6-13(18)17-12-8-20-7-11(12)15/h2-5,11-12H,6-8H2,1H3,(H,16,19)(H,17,18)/t11-,12-/m1/s1. The lowest BCUT2D eigenvalue weighted by molar-refractivity contribution is -0.121. The Morgan fingerprint density at radius 1 is 1.30 bits per heavy atom. The van der Waals surface area contributed by atoms with Crippen molar-refractivity contribution in [3.8, 4) is 0 Å². The van der Waals surface area contributed by atoms with Crippen LogP contribution in [0, 0.1) is 0 Å². The normalized spacial score (nSPS) is 21.5. The molecule has 1 heterocycles. The van der Waals surface area contributed by atoms with Crippen molar-refractivity contribution in [2.45, 2.75) is 18.6 Å². The molecule has 0 radical (unpaired) electrons. The molecule has 1 aromatic rings. The highest BCUT2D eigenvalue weighted by Crippen LogP contribution is 2.10. The first-order chi connectivity index (χ1) is 9.60. The van der Waals surface area contributed by atoms with Crippen LogP contribution in [0.2, 0.25) is 0 Å². The van der Waals surface area contributed by atoms with Crippen molar-refractivity contribution in [2.24, 2.45) is 0 Å². The Kier molecular flexibility index (Phi) is 4.68. The van der Waals surface area contributed by atoms with Crippen molar-refractivity contribution in [3.05, 3.63) is 35.4 Å². The van der Waals surface area contributed by atoms with Crippen molar-refractivity contribution >= 4 is 11.8 Å². The quantitative estimate of drug-likeness (QED) is 0.841. The first-order valence-electron chi connectivity index (χ1n) is 6.42. The summed E-state index contributed by atoms with van der Waals surface area (Å²) in [6.07, 6.45) is -0.994. The average molecular weight is 280 g/mol. The van der Waals surface area contributed by atoms with Gasteiger partial charge < -0.3 is 15.4 Å². The van der Waals surface area contributed by atoms with E-state index in [9.17, 15) is 14.0 Å². The molecule has 0 aromatic heterocycles. The van der Waals surface area contributed by atoms with Gasteiger partial charge in [0.05, 0.1) is 25.7 Å². The lowest BCUT2D eigenvalue weighted by atomic mass is 10.1. The summed E-state index contributed by atoms with van der Waals surface area (Å²) in [6.45, 7) is 0.244. The number of nitrogens with one attached hydrogen (secondary N) is 2. The average Bonchev–Trinajstić information content (AvgIpc) is 2.84. The number of carbonyl (C=O) groups is 2. The fraction of sp³-hybridized carbons (Fsp3) is 0.429. The summed E-state index contributed by atoms with van der Waals surface area (Å²) in [5.41, 5.74) is 1.30. The van der Waals surface area contributed by atoms with Gasteiger partial charge in [0.15, 0.2) is 0 Å². The van der Waals surface area contributed by atoms with Crippen molar-refractivity contribution < 1.29 is 18.7 Å². The molecular formula is C14H17FN2O3. The van der Waals surface area contributed by atoms with Gasteiger partial charge in [0.25, 0.3) is 5.91 Å².